The van der Waals surface area contributed by atoms with Crippen molar-refractivity contribution in [2.24, 2.45) is 0 Å². The first-order chi connectivity index (χ1) is 6.67. The molecule has 1 rings (SSSR count). The van der Waals surface area contributed by atoms with Gasteiger partial charge < -0.3 is 9.47 Å². The smallest absolute Gasteiger partial charge is 0.160 e. The quantitative estimate of drug-likeness (QED) is 0.718. The first-order valence-corrected chi connectivity index (χ1v) is 4.96. The summed E-state index contributed by atoms with van der Waals surface area (Å²) in [5.74, 6) is 1.50. The maximum Gasteiger partial charge on any atom is 0.160 e. The Morgan fingerprint density at radius 3 is 2.36 bits per heavy atom. The summed E-state index contributed by atoms with van der Waals surface area (Å²) in [5.41, 5.74) is 1.16. The van der Waals surface area contributed by atoms with Crippen molar-refractivity contribution >= 4 is 11.6 Å². The molecule has 14 heavy (non-hydrogen) atoms. The molecule has 78 valence electrons. The van der Waals surface area contributed by atoms with Gasteiger partial charge in [-0.05, 0) is 31.0 Å². The summed E-state index contributed by atoms with van der Waals surface area (Å²) >= 11 is 5.91. The average molecular weight is 215 g/mol. The largest absolute Gasteiger partial charge is 0.493 e. The Morgan fingerprint density at radius 2 is 1.86 bits per heavy atom. The van der Waals surface area contributed by atoms with Crippen LogP contribution in [0.25, 0.3) is 0 Å². The van der Waals surface area contributed by atoms with E-state index in [1.54, 1.807) is 14.2 Å². The Labute approximate surface area is 89.8 Å². The number of alkyl halides is 1. The van der Waals surface area contributed by atoms with E-state index >= 15 is 0 Å². The van der Waals surface area contributed by atoms with Crippen molar-refractivity contribution < 1.29 is 9.47 Å². The molecule has 0 amide bonds. The van der Waals surface area contributed by atoms with E-state index in [2.05, 4.69) is 0 Å². The van der Waals surface area contributed by atoms with Crippen LogP contribution in [0.4, 0.5) is 0 Å². The summed E-state index contributed by atoms with van der Waals surface area (Å²) in [5, 5.41) is 0.133. The van der Waals surface area contributed by atoms with Crippen LogP contribution in [0, 0.1) is 0 Å². The second kappa shape index (κ2) is 5.11. The molecule has 0 aromatic heterocycles. The molecule has 0 saturated carbocycles. The molecule has 0 aliphatic heterocycles. The van der Waals surface area contributed by atoms with Gasteiger partial charge in [0, 0.05) is 5.38 Å². The highest BCUT2D eigenvalue weighted by atomic mass is 35.5. The number of ether oxygens (including phenoxy) is 2. The minimum absolute atomic E-state index is 0.133. The Hall–Kier alpha value is -0.890. The van der Waals surface area contributed by atoms with Gasteiger partial charge in [-0.25, -0.2) is 0 Å². The summed E-state index contributed by atoms with van der Waals surface area (Å²) < 4.78 is 10.3. The summed E-state index contributed by atoms with van der Waals surface area (Å²) in [6, 6.07) is 5.85. The third kappa shape index (κ3) is 2.81. The lowest BCUT2D eigenvalue weighted by Gasteiger charge is -2.10. The molecular formula is C11H15ClO2. The molecule has 1 atom stereocenters. The van der Waals surface area contributed by atoms with E-state index < -0.39 is 0 Å². The maximum atomic E-state index is 5.91. The van der Waals surface area contributed by atoms with Crippen molar-refractivity contribution in [2.75, 3.05) is 14.2 Å². The third-order valence-electron chi connectivity index (χ3n) is 1.96. The van der Waals surface area contributed by atoms with Gasteiger partial charge in [0.25, 0.3) is 0 Å². The lowest BCUT2D eigenvalue weighted by Crippen LogP contribution is -1.98. The van der Waals surface area contributed by atoms with Crippen LogP contribution >= 0.6 is 11.6 Å². The van der Waals surface area contributed by atoms with Crippen LogP contribution in [-0.2, 0) is 6.42 Å². The summed E-state index contributed by atoms with van der Waals surface area (Å²) in [6.07, 6.45) is 0.835. The van der Waals surface area contributed by atoms with Gasteiger partial charge in [-0.2, -0.15) is 0 Å². The summed E-state index contributed by atoms with van der Waals surface area (Å²) in [7, 11) is 3.26. The highest BCUT2D eigenvalue weighted by molar-refractivity contribution is 6.20. The van der Waals surface area contributed by atoms with Gasteiger partial charge in [0.05, 0.1) is 14.2 Å². The second-order valence-electron chi connectivity index (χ2n) is 3.17. The number of benzene rings is 1. The zero-order valence-electron chi connectivity index (χ0n) is 8.71. The van der Waals surface area contributed by atoms with Gasteiger partial charge in [0.15, 0.2) is 11.5 Å². The van der Waals surface area contributed by atoms with Gasteiger partial charge in [0.1, 0.15) is 0 Å². The van der Waals surface area contributed by atoms with Gasteiger partial charge in [0.2, 0.25) is 0 Å². The Kier molecular flexibility index (Phi) is 4.08. The molecule has 0 aliphatic carbocycles. The summed E-state index contributed by atoms with van der Waals surface area (Å²) in [6.45, 7) is 1.97. The average Bonchev–Trinajstić information content (AvgIpc) is 2.16. The van der Waals surface area contributed by atoms with E-state index in [4.69, 9.17) is 21.1 Å². The van der Waals surface area contributed by atoms with Crippen LogP contribution in [0.2, 0.25) is 0 Å². The Balaban J connectivity index is 2.89. The third-order valence-corrected chi connectivity index (χ3v) is 2.12. The van der Waals surface area contributed by atoms with Gasteiger partial charge in [-0.15, -0.1) is 11.6 Å². The molecular weight excluding hydrogens is 200 g/mol. The molecule has 1 aromatic rings. The molecule has 3 heteroatoms. The molecule has 0 fully saturated rings. The molecule has 2 nitrogen and oxygen atoms in total. The van der Waals surface area contributed by atoms with Crippen molar-refractivity contribution in [3.05, 3.63) is 23.8 Å². The molecule has 0 bridgehead atoms. The fourth-order valence-corrected chi connectivity index (χ4v) is 1.51. The molecule has 0 unspecified atom stereocenters. The molecule has 0 N–H and O–H groups in total. The van der Waals surface area contributed by atoms with Crippen molar-refractivity contribution in [3.63, 3.8) is 0 Å². The Bertz CT molecular complexity index is 297. The maximum absolute atomic E-state index is 5.91. The standard InChI is InChI=1S/C11H15ClO2/c1-8(12)6-9-4-5-10(13-2)11(7-9)14-3/h4-5,7-8H,6H2,1-3H3/t8-/m1/s1. The van der Waals surface area contributed by atoms with Crippen LogP contribution in [0.1, 0.15) is 12.5 Å². The van der Waals surface area contributed by atoms with Gasteiger partial charge in [-0.3, -0.25) is 0 Å². The lowest BCUT2D eigenvalue weighted by molar-refractivity contribution is 0.354. The van der Waals surface area contributed by atoms with Gasteiger partial charge in [-0.1, -0.05) is 6.07 Å². The second-order valence-corrected chi connectivity index (χ2v) is 3.92. The van der Waals surface area contributed by atoms with Crippen LogP contribution in [-0.4, -0.2) is 19.6 Å². The van der Waals surface area contributed by atoms with E-state index in [0.29, 0.717) is 0 Å². The van der Waals surface area contributed by atoms with Gasteiger partial charge >= 0.3 is 0 Å². The molecule has 0 aliphatic rings. The fraction of sp³-hybridized carbons (Fsp3) is 0.455. The minimum Gasteiger partial charge on any atom is -0.493 e. The van der Waals surface area contributed by atoms with Crippen LogP contribution in [0.3, 0.4) is 0 Å². The molecule has 0 spiro atoms. The number of rotatable bonds is 4. The topological polar surface area (TPSA) is 18.5 Å². The van der Waals surface area contributed by atoms with E-state index in [-0.39, 0.29) is 5.38 Å². The first-order valence-electron chi connectivity index (χ1n) is 4.52. The van der Waals surface area contributed by atoms with E-state index in [0.717, 1.165) is 23.5 Å². The predicted octanol–water partition coefficient (Wildman–Crippen LogP) is 2.87. The fourth-order valence-electron chi connectivity index (χ4n) is 1.33. The Morgan fingerprint density at radius 1 is 1.21 bits per heavy atom. The first kappa shape index (κ1) is 11.2. The normalized spacial score (nSPS) is 12.3. The highest BCUT2D eigenvalue weighted by Crippen LogP contribution is 2.28. The molecule has 1 aromatic carbocycles. The number of hydrogen-bond donors (Lipinski definition) is 0. The number of halogens is 1. The van der Waals surface area contributed by atoms with Crippen molar-refractivity contribution in [1.29, 1.82) is 0 Å². The van der Waals surface area contributed by atoms with E-state index in [1.165, 1.54) is 0 Å². The van der Waals surface area contributed by atoms with Crippen LogP contribution < -0.4 is 9.47 Å². The molecule has 0 heterocycles. The van der Waals surface area contributed by atoms with Crippen molar-refractivity contribution in [3.8, 4) is 11.5 Å². The SMILES string of the molecule is COc1ccc(C[C@@H](C)Cl)cc1OC. The summed E-state index contributed by atoms with van der Waals surface area (Å²) in [4.78, 5) is 0. The lowest BCUT2D eigenvalue weighted by atomic mass is 10.1. The van der Waals surface area contributed by atoms with Crippen LogP contribution in [0.15, 0.2) is 18.2 Å². The minimum atomic E-state index is 0.133. The van der Waals surface area contributed by atoms with Crippen molar-refractivity contribution in [1.82, 2.24) is 0 Å². The number of methoxy groups -OCH3 is 2. The predicted molar refractivity (Wildman–Crippen MR) is 58.6 cm³/mol. The molecule has 0 saturated heterocycles. The van der Waals surface area contributed by atoms with E-state index in [9.17, 15) is 0 Å². The van der Waals surface area contributed by atoms with E-state index in [1.807, 2.05) is 25.1 Å². The number of hydrogen-bond acceptors (Lipinski definition) is 2. The zero-order valence-corrected chi connectivity index (χ0v) is 9.47. The highest BCUT2D eigenvalue weighted by Gasteiger charge is 2.05. The zero-order chi connectivity index (χ0) is 10.6. The monoisotopic (exact) mass is 214 g/mol. The van der Waals surface area contributed by atoms with Crippen molar-refractivity contribution in [2.45, 2.75) is 18.7 Å². The molecule has 0 radical (unpaired) electrons. The van der Waals surface area contributed by atoms with Crippen LogP contribution in [0.5, 0.6) is 11.5 Å².